The number of nitrogens with one attached hydrogen (secondary N) is 1. The van der Waals surface area contributed by atoms with Crippen molar-refractivity contribution < 1.29 is 9.53 Å². The molecule has 0 spiro atoms. The zero-order valence-electron chi connectivity index (χ0n) is 11.2. The number of benzene rings is 1. The summed E-state index contributed by atoms with van der Waals surface area (Å²) in [4.78, 5) is 13.1. The Labute approximate surface area is 113 Å². The third-order valence-corrected chi connectivity index (χ3v) is 3.89. The van der Waals surface area contributed by atoms with E-state index in [1.165, 1.54) is 0 Å². The number of likely N-dealkylation sites (N-methyl/N-ethyl adjacent to an activating group) is 1. The van der Waals surface area contributed by atoms with Crippen molar-refractivity contribution in [2.24, 2.45) is 0 Å². The van der Waals surface area contributed by atoms with Gasteiger partial charge in [-0.2, -0.15) is 0 Å². The van der Waals surface area contributed by atoms with Crippen LogP contribution in [0.25, 0.3) is 0 Å². The van der Waals surface area contributed by atoms with Crippen molar-refractivity contribution in [3.63, 3.8) is 0 Å². The lowest BCUT2D eigenvalue weighted by molar-refractivity contribution is -0.149. The molecule has 1 rings (SSSR count). The van der Waals surface area contributed by atoms with Gasteiger partial charge < -0.3 is 10.1 Å². The molecule has 18 heavy (non-hydrogen) atoms. The SMILES string of the molecule is CCNC(C)(CSc1ccccc1)C(=O)OCC. The Hall–Kier alpha value is -1.00. The van der Waals surface area contributed by atoms with Gasteiger partial charge in [0, 0.05) is 10.6 Å². The van der Waals surface area contributed by atoms with Crippen LogP contribution in [-0.4, -0.2) is 30.4 Å². The summed E-state index contributed by atoms with van der Waals surface area (Å²) in [5.41, 5.74) is -0.634. The highest BCUT2D eigenvalue weighted by molar-refractivity contribution is 7.99. The summed E-state index contributed by atoms with van der Waals surface area (Å²) in [6.45, 7) is 6.87. The van der Waals surface area contributed by atoms with Crippen LogP contribution in [0.5, 0.6) is 0 Å². The molecule has 0 aliphatic carbocycles. The monoisotopic (exact) mass is 267 g/mol. The van der Waals surface area contributed by atoms with Crippen LogP contribution in [0.15, 0.2) is 35.2 Å². The van der Waals surface area contributed by atoms with Crippen molar-refractivity contribution in [3.05, 3.63) is 30.3 Å². The Kier molecular flexibility index (Phi) is 6.22. The van der Waals surface area contributed by atoms with Gasteiger partial charge in [0.15, 0.2) is 0 Å². The molecular formula is C14H21NO2S. The molecule has 1 N–H and O–H groups in total. The van der Waals surface area contributed by atoms with Gasteiger partial charge in [-0.3, -0.25) is 4.79 Å². The highest BCUT2D eigenvalue weighted by Crippen LogP contribution is 2.23. The van der Waals surface area contributed by atoms with Crippen LogP contribution < -0.4 is 5.32 Å². The largest absolute Gasteiger partial charge is 0.465 e. The van der Waals surface area contributed by atoms with Crippen LogP contribution in [-0.2, 0) is 9.53 Å². The van der Waals surface area contributed by atoms with Crippen LogP contribution in [0.4, 0.5) is 0 Å². The van der Waals surface area contributed by atoms with Gasteiger partial charge in [-0.1, -0.05) is 25.1 Å². The summed E-state index contributed by atoms with van der Waals surface area (Å²) in [6.07, 6.45) is 0. The van der Waals surface area contributed by atoms with E-state index in [2.05, 4.69) is 5.32 Å². The molecule has 4 heteroatoms. The minimum atomic E-state index is -0.634. The average Bonchev–Trinajstić information content (AvgIpc) is 2.38. The summed E-state index contributed by atoms with van der Waals surface area (Å²) in [7, 11) is 0. The molecule has 0 saturated carbocycles. The molecular weight excluding hydrogens is 246 g/mol. The first-order valence-electron chi connectivity index (χ1n) is 6.22. The molecule has 1 atom stereocenters. The van der Waals surface area contributed by atoms with Crippen LogP contribution in [0, 0.1) is 0 Å². The molecule has 1 aromatic carbocycles. The maximum absolute atomic E-state index is 12.0. The van der Waals surface area contributed by atoms with Gasteiger partial charge in [-0.25, -0.2) is 0 Å². The number of ether oxygens (including phenoxy) is 1. The Morgan fingerprint density at radius 1 is 1.33 bits per heavy atom. The van der Waals surface area contributed by atoms with Crippen LogP contribution >= 0.6 is 11.8 Å². The fourth-order valence-corrected chi connectivity index (χ4v) is 2.63. The number of rotatable bonds is 7. The first-order chi connectivity index (χ1) is 8.62. The van der Waals surface area contributed by atoms with Crippen molar-refractivity contribution in [1.82, 2.24) is 5.32 Å². The molecule has 1 aromatic rings. The second-order valence-corrected chi connectivity index (χ2v) is 5.23. The molecule has 0 aliphatic heterocycles. The molecule has 0 fully saturated rings. The molecule has 3 nitrogen and oxygen atoms in total. The van der Waals surface area contributed by atoms with Crippen molar-refractivity contribution in [3.8, 4) is 0 Å². The van der Waals surface area contributed by atoms with Gasteiger partial charge in [0.05, 0.1) is 6.61 Å². The third kappa shape index (κ3) is 4.35. The molecule has 1 unspecified atom stereocenters. The quantitative estimate of drug-likeness (QED) is 0.609. The van der Waals surface area contributed by atoms with Crippen molar-refractivity contribution in [2.45, 2.75) is 31.2 Å². The molecule has 0 aromatic heterocycles. The zero-order chi connectivity index (χ0) is 13.4. The molecule has 0 amide bonds. The highest BCUT2D eigenvalue weighted by atomic mass is 32.2. The molecule has 0 saturated heterocycles. The number of carbonyl (C=O) groups is 1. The molecule has 0 radical (unpaired) electrons. The molecule has 0 aliphatic rings. The minimum absolute atomic E-state index is 0.185. The first kappa shape index (κ1) is 15.1. The predicted octanol–water partition coefficient (Wildman–Crippen LogP) is 2.71. The Bertz CT molecular complexity index is 369. The number of esters is 1. The minimum Gasteiger partial charge on any atom is -0.465 e. The summed E-state index contributed by atoms with van der Waals surface area (Å²) < 4.78 is 5.13. The molecule has 0 heterocycles. The van der Waals surface area contributed by atoms with E-state index in [-0.39, 0.29) is 5.97 Å². The van der Waals surface area contributed by atoms with Gasteiger partial charge in [-0.05, 0) is 32.5 Å². The van der Waals surface area contributed by atoms with Crippen molar-refractivity contribution in [1.29, 1.82) is 0 Å². The second kappa shape index (κ2) is 7.44. The number of hydrogen-bond acceptors (Lipinski definition) is 4. The standard InChI is InChI=1S/C14H21NO2S/c1-4-15-14(3,13(16)17-5-2)11-18-12-9-7-6-8-10-12/h6-10,15H,4-5,11H2,1-3H3. The predicted molar refractivity (Wildman–Crippen MR) is 75.9 cm³/mol. The number of thioether (sulfide) groups is 1. The summed E-state index contributed by atoms with van der Waals surface area (Å²) in [5.74, 6) is 0.472. The van der Waals surface area contributed by atoms with E-state index >= 15 is 0 Å². The van der Waals surface area contributed by atoms with Gasteiger partial charge in [-0.15, -0.1) is 11.8 Å². The molecule has 100 valence electrons. The normalized spacial score (nSPS) is 13.9. The fraction of sp³-hybridized carbons (Fsp3) is 0.500. The van der Waals surface area contributed by atoms with E-state index in [9.17, 15) is 4.79 Å². The van der Waals surface area contributed by atoms with Crippen molar-refractivity contribution >= 4 is 17.7 Å². The van der Waals surface area contributed by atoms with Gasteiger partial charge in [0.1, 0.15) is 5.54 Å². The van der Waals surface area contributed by atoms with E-state index in [1.807, 2.05) is 51.1 Å². The van der Waals surface area contributed by atoms with Gasteiger partial charge >= 0.3 is 5.97 Å². The average molecular weight is 267 g/mol. The lowest BCUT2D eigenvalue weighted by atomic mass is 10.1. The third-order valence-electron chi connectivity index (χ3n) is 2.56. The van der Waals surface area contributed by atoms with E-state index in [0.717, 1.165) is 11.4 Å². The maximum atomic E-state index is 12.0. The molecule has 0 bridgehead atoms. The highest BCUT2D eigenvalue weighted by Gasteiger charge is 2.33. The van der Waals surface area contributed by atoms with Crippen LogP contribution in [0.1, 0.15) is 20.8 Å². The maximum Gasteiger partial charge on any atom is 0.326 e. The summed E-state index contributed by atoms with van der Waals surface area (Å²) in [5, 5.41) is 3.22. The number of hydrogen-bond donors (Lipinski definition) is 1. The van der Waals surface area contributed by atoms with E-state index in [0.29, 0.717) is 12.4 Å². The van der Waals surface area contributed by atoms with Gasteiger partial charge in [0.25, 0.3) is 0 Å². The second-order valence-electron chi connectivity index (χ2n) is 4.18. The van der Waals surface area contributed by atoms with E-state index in [4.69, 9.17) is 4.74 Å². The number of carbonyl (C=O) groups excluding carboxylic acids is 1. The van der Waals surface area contributed by atoms with E-state index < -0.39 is 5.54 Å². The lowest BCUT2D eigenvalue weighted by Crippen LogP contribution is -2.52. The fourth-order valence-electron chi connectivity index (χ4n) is 1.61. The Morgan fingerprint density at radius 3 is 2.56 bits per heavy atom. The Morgan fingerprint density at radius 2 is 2.00 bits per heavy atom. The summed E-state index contributed by atoms with van der Waals surface area (Å²) in [6, 6.07) is 10.1. The topological polar surface area (TPSA) is 38.3 Å². The Balaban J connectivity index is 2.65. The lowest BCUT2D eigenvalue weighted by Gasteiger charge is -2.27. The van der Waals surface area contributed by atoms with Crippen LogP contribution in [0.3, 0.4) is 0 Å². The van der Waals surface area contributed by atoms with Crippen LogP contribution in [0.2, 0.25) is 0 Å². The first-order valence-corrected chi connectivity index (χ1v) is 7.21. The van der Waals surface area contributed by atoms with E-state index in [1.54, 1.807) is 11.8 Å². The van der Waals surface area contributed by atoms with Gasteiger partial charge in [0.2, 0.25) is 0 Å². The smallest absolute Gasteiger partial charge is 0.326 e. The zero-order valence-corrected chi connectivity index (χ0v) is 12.0. The summed E-state index contributed by atoms with van der Waals surface area (Å²) >= 11 is 1.66. The van der Waals surface area contributed by atoms with Crippen molar-refractivity contribution in [2.75, 3.05) is 18.9 Å².